The lowest BCUT2D eigenvalue weighted by Gasteiger charge is -2.07. The Morgan fingerprint density at radius 2 is 1.81 bits per heavy atom. The number of rotatable bonds is 7. The van der Waals surface area contributed by atoms with Crippen molar-refractivity contribution in [2.75, 3.05) is 12.3 Å². The van der Waals surface area contributed by atoms with Crippen LogP contribution in [0.3, 0.4) is 0 Å². The minimum absolute atomic E-state index is 0.0311. The van der Waals surface area contributed by atoms with Crippen molar-refractivity contribution in [1.82, 2.24) is 10.3 Å². The van der Waals surface area contributed by atoms with Gasteiger partial charge in [0.2, 0.25) is 5.91 Å². The monoisotopic (exact) mass is 378 g/mol. The van der Waals surface area contributed by atoms with E-state index in [0.29, 0.717) is 17.9 Å². The SMILES string of the molecule is CC(=O)NCCc1ccc(C(=O)CSc2cc(C)c3ccccc3n2)cc1. The number of pyridine rings is 1. The van der Waals surface area contributed by atoms with Gasteiger partial charge in [0, 0.05) is 24.4 Å². The third kappa shape index (κ3) is 5.17. The van der Waals surface area contributed by atoms with E-state index in [1.165, 1.54) is 24.2 Å². The topological polar surface area (TPSA) is 59.1 Å². The number of para-hydroxylation sites is 1. The van der Waals surface area contributed by atoms with Crippen molar-refractivity contribution in [3.8, 4) is 0 Å². The van der Waals surface area contributed by atoms with E-state index >= 15 is 0 Å². The first-order valence-electron chi connectivity index (χ1n) is 8.88. The van der Waals surface area contributed by atoms with Crippen LogP contribution in [0.25, 0.3) is 10.9 Å². The highest BCUT2D eigenvalue weighted by molar-refractivity contribution is 7.99. The number of hydrogen-bond donors (Lipinski definition) is 1. The molecule has 0 aliphatic rings. The van der Waals surface area contributed by atoms with Crippen molar-refractivity contribution < 1.29 is 9.59 Å². The molecule has 1 amide bonds. The fourth-order valence-corrected chi connectivity index (χ4v) is 3.72. The summed E-state index contributed by atoms with van der Waals surface area (Å²) in [5.74, 6) is 0.410. The molecule has 0 fully saturated rings. The van der Waals surface area contributed by atoms with Crippen LogP contribution >= 0.6 is 11.8 Å². The molecule has 3 aromatic rings. The molecule has 138 valence electrons. The molecular formula is C22H22N2O2S. The summed E-state index contributed by atoms with van der Waals surface area (Å²) in [6, 6.07) is 17.7. The first-order chi connectivity index (χ1) is 13.0. The van der Waals surface area contributed by atoms with Crippen LogP contribution in [0.1, 0.15) is 28.4 Å². The number of benzene rings is 2. The average molecular weight is 378 g/mol. The lowest BCUT2D eigenvalue weighted by Crippen LogP contribution is -2.22. The second kappa shape index (κ2) is 8.82. The van der Waals surface area contributed by atoms with Crippen LogP contribution in [0.5, 0.6) is 0 Å². The van der Waals surface area contributed by atoms with Gasteiger partial charge >= 0.3 is 0 Å². The Balaban J connectivity index is 1.60. The summed E-state index contributed by atoms with van der Waals surface area (Å²) >= 11 is 1.47. The summed E-state index contributed by atoms with van der Waals surface area (Å²) in [5.41, 5.74) is 3.91. The third-order valence-electron chi connectivity index (χ3n) is 4.31. The van der Waals surface area contributed by atoms with Crippen LogP contribution < -0.4 is 5.32 Å². The summed E-state index contributed by atoms with van der Waals surface area (Å²) in [6.45, 7) is 4.17. The quantitative estimate of drug-likeness (QED) is 0.494. The van der Waals surface area contributed by atoms with Gasteiger partial charge in [-0.1, -0.05) is 54.2 Å². The number of nitrogens with one attached hydrogen (secondary N) is 1. The molecule has 1 heterocycles. The van der Waals surface area contributed by atoms with Crippen LogP contribution in [0.4, 0.5) is 0 Å². The van der Waals surface area contributed by atoms with Crippen molar-refractivity contribution in [3.05, 3.63) is 71.3 Å². The predicted molar refractivity (Wildman–Crippen MR) is 110 cm³/mol. The number of fused-ring (bicyclic) bond motifs is 1. The Hall–Kier alpha value is -2.66. The van der Waals surface area contributed by atoms with E-state index in [1.54, 1.807) is 0 Å². The zero-order valence-electron chi connectivity index (χ0n) is 15.5. The van der Waals surface area contributed by atoms with Crippen molar-refractivity contribution in [2.24, 2.45) is 0 Å². The van der Waals surface area contributed by atoms with Gasteiger partial charge in [-0.15, -0.1) is 0 Å². The van der Waals surface area contributed by atoms with E-state index in [4.69, 9.17) is 0 Å². The van der Waals surface area contributed by atoms with Gasteiger partial charge in [-0.05, 0) is 36.6 Å². The van der Waals surface area contributed by atoms with Gasteiger partial charge in [0.25, 0.3) is 0 Å². The zero-order valence-corrected chi connectivity index (χ0v) is 16.3. The second-order valence-corrected chi connectivity index (χ2v) is 7.43. The molecule has 0 atom stereocenters. The number of carbonyl (C=O) groups excluding carboxylic acids is 2. The van der Waals surface area contributed by atoms with Gasteiger partial charge < -0.3 is 5.32 Å². The summed E-state index contributed by atoms with van der Waals surface area (Å²) in [6.07, 6.45) is 0.753. The lowest BCUT2D eigenvalue weighted by atomic mass is 10.1. The van der Waals surface area contributed by atoms with Gasteiger partial charge in [0.05, 0.1) is 16.3 Å². The van der Waals surface area contributed by atoms with Gasteiger partial charge in [0.1, 0.15) is 0 Å². The molecule has 1 aromatic heterocycles. The molecule has 0 saturated carbocycles. The minimum atomic E-state index is -0.0311. The van der Waals surface area contributed by atoms with Crippen molar-refractivity contribution in [2.45, 2.75) is 25.3 Å². The molecule has 5 heteroatoms. The maximum Gasteiger partial charge on any atom is 0.216 e. The number of hydrogen-bond acceptors (Lipinski definition) is 4. The number of thioether (sulfide) groups is 1. The van der Waals surface area contributed by atoms with Crippen molar-refractivity contribution >= 4 is 34.4 Å². The molecule has 0 bridgehead atoms. The zero-order chi connectivity index (χ0) is 19.2. The molecule has 4 nitrogen and oxygen atoms in total. The number of aromatic nitrogens is 1. The Bertz CT molecular complexity index is 968. The van der Waals surface area contributed by atoms with Crippen LogP contribution in [0, 0.1) is 6.92 Å². The van der Waals surface area contributed by atoms with Crippen LogP contribution in [-0.4, -0.2) is 29.0 Å². The molecule has 1 N–H and O–H groups in total. The molecule has 0 radical (unpaired) electrons. The predicted octanol–water partition coefficient (Wildman–Crippen LogP) is 4.20. The number of ketones is 1. The van der Waals surface area contributed by atoms with Crippen molar-refractivity contribution in [1.29, 1.82) is 0 Å². The van der Waals surface area contributed by atoms with E-state index in [0.717, 1.165) is 27.9 Å². The number of aryl methyl sites for hydroxylation is 1. The first kappa shape index (κ1) is 19.1. The molecule has 0 saturated heterocycles. The maximum absolute atomic E-state index is 12.5. The van der Waals surface area contributed by atoms with Gasteiger partial charge in [0.15, 0.2) is 5.78 Å². The Labute approximate surface area is 163 Å². The average Bonchev–Trinajstić information content (AvgIpc) is 2.66. The highest BCUT2D eigenvalue weighted by Gasteiger charge is 2.09. The molecule has 0 aliphatic heterocycles. The first-order valence-corrected chi connectivity index (χ1v) is 9.87. The fraction of sp³-hybridized carbons (Fsp3) is 0.227. The molecule has 0 spiro atoms. The highest BCUT2D eigenvalue weighted by Crippen LogP contribution is 2.24. The highest BCUT2D eigenvalue weighted by atomic mass is 32.2. The minimum Gasteiger partial charge on any atom is -0.356 e. The van der Waals surface area contributed by atoms with Gasteiger partial charge in [-0.3, -0.25) is 9.59 Å². The third-order valence-corrected chi connectivity index (χ3v) is 5.23. The maximum atomic E-state index is 12.5. The molecule has 0 aliphatic carbocycles. The summed E-state index contributed by atoms with van der Waals surface area (Å²) in [5, 5.41) is 4.78. The van der Waals surface area contributed by atoms with E-state index in [9.17, 15) is 9.59 Å². The summed E-state index contributed by atoms with van der Waals surface area (Å²) in [7, 11) is 0. The van der Waals surface area contributed by atoms with Gasteiger partial charge in [-0.2, -0.15) is 0 Å². The molecule has 27 heavy (non-hydrogen) atoms. The van der Waals surface area contributed by atoms with Crippen LogP contribution in [-0.2, 0) is 11.2 Å². The number of carbonyl (C=O) groups is 2. The van der Waals surface area contributed by atoms with Crippen LogP contribution in [0.2, 0.25) is 0 Å². The summed E-state index contributed by atoms with van der Waals surface area (Å²) in [4.78, 5) is 28.0. The van der Waals surface area contributed by atoms with E-state index < -0.39 is 0 Å². The lowest BCUT2D eigenvalue weighted by molar-refractivity contribution is -0.118. The van der Waals surface area contributed by atoms with Crippen LogP contribution in [0.15, 0.2) is 59.6 Å². The normalized spacial score (nSPS) is 10.7. The standard InChI is InChI=1S/C22H22N2O2S/c1-15-13-22(24-20-6-4-3-5-19(15)20)27-14-21(26)18-9-7-17(8-10-18)11-12-23-16(2)25/h3-10,13H,11-12,14H2,1-2H3,(H,23,25). The number of Topliss-reactive ketones (excluding diaryl/α,β-unsaturated/α-hetero) is 1. The Kier molecular flexibility index (Phi) is 6.24. The molecule has 3 rings (SSSR count). The largest absolute Gasteiger partial charge is 0.356 e. The van der Waals surface area contributed by atoms with E-state index in [1.807, 2.05) is 48.5 Å². The fourth-order valence-electron chi connectivity index (χ4n) is 2.86. The molecule has 0 unspecified atom stereocenters. The smallest absolute Gasteiger partial charge is 0.216 e. The van der Waals surface area contributed by atoms with E-state index in [-0.39, 0.29) is 11.7 Å². The number of nitrogens with zero attached hydrogens (tertiary/aromatic N) is 1. The summed E-state index contributed by atoms with van der Waals surface area (Å²) < 4.78 is 0. The molecular weight excluding hydrogens is 356 g/mol. The van der Waals surface area contributed by atoms with Crippen molar-refractivity contribution in [3.63, 3.8) is 0 Å². The number of amides is 1. The molecule has 2 aromatic carbocycles. The van der Waals surface area contributed by atoms with E-state index in [2.05, 4.69) is 23.3 Å². The van der Waals surface area contributed by atoms with Gasteiger partial charge in [-0.25, -0.2) is 4.98 Å². The Morgan fingerprint density at radius 1 is 1.07 bits per heavy atom. The second-order valence-electron chi connectivity index (χ2n) is 6.44. The Morgan fingerprint density at radius 3 is 2.56 bits per heavy atom.